The van der Waals surface area contributed by atoms with E-state index in [-0.39, 0.29) is 4.70 Å². The van der Waals surface area contributed by atoms with Crippen molar-refractivity contribution in [2.75, 3.05) is 13.1 Å². The monoisotopic (exact) mass is 220 g/mol. The van der Waals surface area contributed by atoms with Crippen LogP contribution in [0.25, 0.3) is 0 Å². The quantitative estimate of drug-likeness (QED) is 0.771. The van der Waals surface area contributed by atoms with Crippen molar-refractivity contribution < 1.29 is 4.70 Å². The third kappa shape index (κ3) is 1.82. The average Bonchev–Trinajstić information content (AvgIpc) is 2.82. The summed E-state index contributed by atoms with van der Waals surface area (Å²) in [5.74, 6) is 1.76. The minimum atomic E-state index is 0. The summed E-state index contributed by atoms with van der Waals surface area (Å²) in [4.78, 5) is 4.56. The molecule has 16 heavy (non-hydrogen) atoms. The molecule has 0 radical (unpaired) electrons. The fourth-order valence-corrected chi connectivity index (χ4v) is 2.69. The van der Waals surface area contributed by atoms with Crippen LogP contribution in [-0.4, -0.2) is 18.9 Å². The van der Waals surface area contributed by atoms with Crippen molar-refractivity contribution >= 4 is 5.84 Å². The second-order valence-corrected chi connectivity index (χ2v) is 4.34. The lowest BCUT2D eigenvalue weighted by Crippen LogP contribution is -2.28. The van der Waals surface area contributed by atoms with Gasteiger partial charge in [-0.15, -0.1) is 0 Å². The molecule has 1 aliphatic carbocycles. The van der Waals surface area contributed by atoms with Gasteiger partial charge in [0.05, 0.1) is 6.54 Å². The molecule has 0 saturated heterocycles. The van der Waals surface area contributed by atoms with Crippen molar-refractivity contribution in [1.29, 1.82) is 0 Å². The Morgan fingerprint density at radius 1 is 1.25 bits per heavy atom. The minimum absolute atomic E-state index is 0. The van der Waals surface area contributed by atoms with Crippen LogP contribution in [0.15, 0.2) is 29.3 Å². The largest absolute Gasteiger partial charge is 0.371 e. The van der Waals surface area contributed by atoms with Crippen LogP contribution in [0.1, 0.15) is 29.9 Å². The predicted octanol–water partition coefficient (Wildman–Crippen LogP) is 2.26. The molecule has 2 nitrogen and oxygen atoms in total. The fourth-order valence-electron chi connectivity index (χ4n) is 2.69. The lowest BCUT2D eigenvalue weighted by Gasteiger charge is -2.25. The molecule has 1 unspecified atom stereocenters. The van der Waals surface area contributed by atoms with E-state index in [9.17, 15) is 0 Å². The van der Waals surface area contributed by atoms with E-state index in [4.69, 9.17) is 0 Å². The van der Waals surface area contributed by atoms with E-state index in [2.05, 4.69) is 34.6 Å². The Morgan fingerprint density at radius 3 is 2.94 bits per heavy atom. The number of nitrogens with one attached hydrogen (secondary N) is 1. The molecule has 0 amide bonds. The summed E-state index contributed by atoms with van der Waals surface area (Å²) < 4.78 is 0. The van der Waals surface area contributed by atoms with Gasteiger partial charge in [0.25, 0.3) is 0 Å². The van der Waals surface area contributed by atoms with Gasteiger partial charge in [0.1, 0.15) is 5.84 Å². The van der Waals surface area contributed by atoms with Crippen molar-refractivity contribution in [3.8, 4) is 0 Å². The molecule has 0 fully saturated rings. The van der Waals surface area contributed by atoms with Gasteiger partial charge in [-0.1, -0.05) is 24.3 Å². The van der Waals surface area contributed by atoms with Crippen molar-refractivity contribution in [2.24, 2.45) is 4.99 Å². The van der Waals surface area contributed by atoms with Gasteiger partial charge in [0.15, 0.2) is 0 Å². The first-order valence-electron chi connectivity index (χ1n) is 5.81. The van der Waals surface area contributed by atoms with Crippen LogP contribution in [-0.2, 0) is 6.42 Å². The maximum atomic E-state index is 4.56. The molecular formula is C13H17FN2. The zero-order valence-corrected chi connectivity index (χ0v) is 9.28. The smallest absolute Gasteiger partial charge is 0.104 e. The molecule has 3 rings (SSSR count). The number of rotatable bonds is 1. The van der Waals surface area contributed by atoms with E-state index in [1.54, 1.807) is 0 Å². The number of halogens is 1. The number of hydrogen-bond donors (Lipinski definition) is 1. The van der Waals surface area contributed by atoms with E-state index in [1.807, 2.05) is 0 Å². The maximum Gasteiger partial charge on any atom is 0.104 e. The molecule has 1 aromatic carbocycles. The highest BCUT2D eigenvalue weighted by Gasteiger charge is 2.25. The summed E-state index contributed by atoms with van der Waals surface area (Å²) in [5, 5.41) is 3.42. The third-order valence-electron chi connectivity index (χ3n) is 3.40. The number of aryl methyl sites for hydroxylation is 1. The highest BCUT2D eigenvalue weighted by molar-refractivity contribution is 5.90. The van der Waals surface area contributed by atoms with E-state index >= 15 is 0 Å². The van der Waals surface area contributed by atoms with Crippen LogP contribution >= 0.6 is 0 Å². The Labute approximate surface area is 95.1 Å². The molecule has 1 heterocycles. The second-order valence-electron chi connectivity index (χ2n) is 4.34. The number of benzene rings is 1. The van der Waals surface area contributed by atoms with Crippen LogP contribution in [0.2, 0.25) is 0 Å². The van der Waals surface area contributed by atoms with E-state index in [0.29, 0.717) is 5.92 Å². The van der Waals surface area contributed by atoms with Crippen molar-refractivity contribution in [1.82, 2.24) is 5.32 Å². The van der Waals surface area contributed by atoms with Crippen LogP contribution in [0, 0.1) is 0 Å². The summed E-state index contributed by atoms with van der Waals surface area (Å²) in [7, 11) is 0. The molecule has 3 heteroatoms. The molecule has 0 bridgehead atoms. The summed E-state index contributed by atoms with van der Waals surface area (Å²) in [6, 6.07) is 8.82. The molecule has 0 aromatic heterocycles. The highest BCUT2D eigenvalue weighted by atomic mass is 19.0. The molecule has 0 saturated carbocycles. The van der Waals surface area contributed by atoms with Gasteiger partial charge in [-0.25, -0.2) is 0 Å². The Bertz CT molecular complexity index is 401. The normalized spacial score (nSPS) is 22.8. The van der Waals surface area contributed by atoms with E-state index in [0.717, 1.165) is 13.1 Å². The Hall–Kier alpha value is -1.38. The lowest BCUT2D eigenvalue weighted by molar-refractivity contribution is 0.641. The second kappa shape index (κ2) is 4.64. The van der Waals surface area contributed by atoms with Crippen LogP contribution < -0.4 is 5.32 Å². The summed E-state index contributed by atoms with van der Waals surface area (Å²) in [6.07, 6.45) is 3.78. The average molecular weight is 220 g/mol. The number of aliphatic imine (C=N–C) groups is 1. The SMILES string of the molecule is F.c1ccc2c(c1)CCCC2C1=NCCN1. The number of amidine groups is 1. The summed E-state index contributed by atoms with van der Waals surface area (Å²) in [6.45, 7) is 1.97. The number of hydrogen-bond acceptors (Lipinski definition) is 2. The van der Waals surface area contributed by atoms with Gasteiger partial charge >= 0.3 is 0 Å². The molecule has 2 aliphatic rings. The van der Waals surface area contributed by atoms with Crippen LogP contribution in [0.5, 0.6) is 0 Å². The van der Waals surface area contributed by atoms with Gasteiger partial charge in [-0.05, 0) is 30.4 Å². The highest BCUT2D eigenvalue weighted by Crippen LogP contribution is 2.32. The van der Waals surface area contributed by atoms with Crippen LogP contribution in [0.3, 0.4) is 0 Å². The first kappa shape index (κ1) is 11.1. The molecule has 1 aliphatic heterocycles. The molecule has 1 aromatic rings. The minimum Gasteiger partial charge on any atom is -0.371 e. The molecule has 1 atom stereocenters. The lowest BCUT2D eigenvalue weighted by atomic mass is 9.82. The van der Waals surface area contributed by atoms with Gasteiger partial charge in [0, 0.05) is 12.5 Å². The molecular weight excluding hydrogens is 203 g/mol. The van der Waals surface area contributed by atoms with Gasteiger partial charge < -0.3 is 5.32 Å². The molecule has 1 N–H and O–H groups in total. The van der Waals surface area contributed by atoms with Crippen molar-refractivity contribution in [3.63, 3.8) is 0 Å². The van der Waals surface area contributed by atoms with Gasteiger partial charge in [-0.3, -0.25) is 9.70 Å². The van der Waals surface area contributed by atoms with Crippen LogP contribution in [0.4, 0.5) is 4.70 Å². The van der Waals surface area contributed by atoms with Crippen molar-refractivity contribution in [2.45, 2.75) is 25.2 Å². The first-order chi connectivity index (χ1) is 7.45. The zero-order chi connectivity index (χ0) is 10.1. The fraction of sp³-hybridized carbons (Fsp3) is 0.462. The predicted molar refractivity (Wildman–Crippen MR) is 64.9 cm³/mol. The maximum absolute atomic E-state index is 4.56. The molecule has 86 valence electrons. The summed E-state index contributed by atoms with van der Waals surface area (Å²) >= 11 is 0. The van der Waals surface area contributed by atoms with Gasteiger partial charge in [0.2, 0.25) is 0 Å². The third-order valence-corrected chi connectivity index (χ3v) is 3.40. The Morgan fingerprint density at radius 2 is 2.12 bits per heavy atom. The Balaban J connectivity index is 0.000000963. The van der Waals surface area contributed by atoms with E-state index < -0.39 is 0 Å². The zero-order valence-electron chi connectivity index (χ0n) is 9.28. The topological polar surface area (TPSA) is 24.4 Å². The Kier molecular flexibility index (Phi) is 3.22. The number of fused-ring (bicyclic) bond motifs is 1. The number of nitrogens with zero attached hydrogens (tertiary/aromatic N) is 1. The summed E-state index contributed by atoms with van der Waals surface area (Å²) in [5.41, 5.74) is 3.02. The van der Waals surface area contributed by atoms with E-state index in [1.165, 1.54) is 36.2 Å². The molecule has 0 spiro atoms. The van der Waals surface area contributed by atoms with Gasteiger partial charge in [-0.2, -0.15) is 0 Å². The first-order valence-corrected chi connectivity index (χ1v) is 5.81. The van der Waals surface area contributed by atoms with Crippen molar-refractivity contribution in [3.05, 3.63) is 35.4 Å². The standard InChI is InChI=1S/C13H16N2.FH/c1-2-6-11-10(4-1)5-3-7-12(11)13-14-8-9-15-13;/h1-2,4,6,12H,3,5,7-9H2,(H,14,15);1H.